The summed E-state index contributed by atoms with van der Waals surface area (Å²) >= 11 is 0. The van der Waals surface area contributed by atoms with Gasteiger partial charge < -0.3 is 10.1 Å². The Hall–Kier alpha value is -1.08. The summed E-state index contributed by atoms with van der Waals surface area (Å²) in [6.07, 6.45) is -0.551. The average Bonchev–Trinajstić information content (AvgIpc) is 2.72. The molecule has 0 aliphatic heterocycles. The SMILES string of the molecule is Cc1cnn([C@@H](C)[C@H](C)NCCOCC(F)(F)F)c1. The molecule has 1 N–H and O–H groups in total. The molecule has 0 spiro atoms. The fraction of sp³-hybridized carbons (Fsp3) is 0.750. The number of hydrogen-bond acceptors (Lipinski definition) is 3. The second-order valence-corrected chi connectivity index (χ2v) is 4.65. The van der Waals surface area contributed by atoms with E-state index in [1.807, 2.05) is 31.6 Å². The molecule has 110 valence electrons. The Balaban J connectivity index is 2.22. The highest BCUT2D eigenvalue weighted by molar-refractivity contribution is 5.00. The highest BCUT2D eigenvalue weighted by Gasteiger charge is 2.27. The lowest BCUT2D eigenvalue weighted by Crippen LogP contribution is -2.36. The van der Waals surface area contributed by atoms with Crippen LogP contribution >= 0.6 is 0 Å². The van der Waals surface area contributed by atoms with Gasteiger partial charge in [-0.3, -0.25) is 4.68 Å². The summed E-state index contributed by atoms with van der Waals surface area (Å²) < 4.78 is 41.9. The Labute approximate surface area is 110 Å². The minimum Gasteiger partial charge on any atom is -0.371 e. The van der Waals surface area contributed by atoms with Crippen molar-refractivity contribution >= 4 is 0 Å². The summed E-state index contributed by atoms with van der Waals surface area (Å²) in [7, 11) is 0. The molecule has 4 nitrogen and oxygen atoms in total. The van der Waals surface area contributed by atoms with Crippen LogP contribution < -0.4 is 5.32 Å². The van der Waals surface area contributed by atoms with Gasteiger partial charge in [0.25, 0.3) is 0 Å². The van der Waals surface area contributed by atoms with Crippen LogP contribution in [0.3, 0.4) is 0 Å². The van der Waals surface area contributed by atoms with Crippen LogP contribution in [-0.2, 0) is 4.74 Å². The van der Waals surface area contributed by atoms with Crippen LogP contribution in [0.2, 0.25) is 0 Å². The monoisotopic (exact) mass is 279 g/mol. The lowest BCUT2D eigenvalue weighted by molar-refractivity contribution is -0.173. The van der Waals surface area contributed by atoms with Crippen LogP contribution in [0.15, 0.2) is 12.4 Å². The summed E-state index contributed by atoms with van der Waals surface area (Å²) in [6, 6.07) is 0.213. The molecule has 1 aromatic rings. The number of halogens is 3. The van der Waals surface area contributed by atoms with E-state index in [9.17, 15) is 13.2 Å². The van der Waals surface area contributed by atoms with Crippen molar-refractivity contribution in [2.75, 3.05) is 19.8 Å². The van der Waals surface area contributed by atoms with Gasteiger partial charge in [-0.25, -0.2) is 0 Å². The maximum absolute atomic E-state index is 11.8. The molecular formula is C12H20F3N3O. The Morgan fingerprint density at radius 2 is 2.11 bits per heavy atom. The Kier molecular flexibility index (Phi) is 5.81. The molecule has 0 aliphatic carbocycles. The molecule has 7 heteroatoms. The van der Waals surface area contributed by atoms with Gasteiger partial charge >= 0.3 is 6.18 Å². The molecule has 0 aliphatic rings. The van der Waals surface area contributed by atoms with Crippen molar-refractivity contribution in [3.63, 3.8) is 0 Å². The largest absolute Gasteiger partial charge is 0.411 e. The molecule has 0 fully saturated rings. The minimum absolute atomic E-state index is 0.0364. The summed E-state index contributed by atoms with van der Waals surface area (Å²) in [5, 5.41) is 7.33. The van der Waals surface area contributed by atoms with E-state index in [2.05, 4.69) is 15.2 Å². The first-order valence-electron chi connectivity index (χ1n) is 6.18. The second-order valence-electron chi connectivity index (χ2n) is 4.65. The van der Waals surface area contributed by atoms with Gasteiger partial charge in [0.1, 0.15) is 6.61 Å². The van der Waals surface area contributed by atoms with Crippen molar-refractivity contribution in [3.05, 3.63) is 18.0 Å². The predicted octanol–water partition coefficient (Wildman–Crippen LogP) is 2.31. The van der Waals surface area contributed by atoms with Gasteiger partial charge in [0, 0.05) is 18.8 Å². The van der Waals surface area contributed by atoms with Crippen LogP contribution in [0.1, 0.15) is 25.5 Å². The number of alkyl halides is 3. The van der Waals surface area contributed by atoms with E-state index in [4.69, 9.17) is 0 Å². The Morgan fingerprint density at radius 1 is 1.42 bits per heavy atom. The minimum atomic E-state index is -4.26. The van der Waals surface area contributed by atoms with E-state index in [-0.39, 0.29) is 18.7 Å². The summed E-state index contributed by atoms with van der Waals surface area (Å²) in [5.41, 5.74) is 1.08. The zero-order chi connectivity index (χ0) is 14.5. The van der Waals surface area contributed by atoms with E-state index < -0.39 is 12.8 Å². The number of hydrogen-bond donors (Lipinski definition) is 1. The normalized spacial score (nSPS) is 15.5. The summed E-state index contributed by atoms with van der Waals surface area (Å²) in [6.45, 7) is 5.14. The lowest BCUT2D eigenvalue weighted by atomic mass is 10.2. The molecular weight excluding hydrogens is 259 g/mol. The first-order chi connectivity index (χ1) is 8.79. The number of aryl methyl sites for hydroxylation is 1. The first kappa shape index (κ1) is 16.0. The van der Waals surface area contributed by atoms with E-state index in [0.717, 1.165) is 5.56 Å². The Morgan fingerprint density at radius 3 is 2.63 bits per heavy atom. The van der Waals surface area contributed by atoms with Crippen molar-refractivity contribution in [2.24, 2.45) is 0 Å². The topological polar surface area (TPSA) is 39.1 Å². The molecule has 19 heavy (non-hydrogen) atoms. The Bertz CT molecular complexity index is 379. The maximum atomic E-state index is 11.8. The summed E-state index contributed by atoms with van der Waals surface area (Å²) in [4.78, 5) is 0. The van der Waals surface area contributed by atoms with Gasteiger partial charge in [0.15, 0.2) is 0 Å². The molecule has 1 aromatic heterocycles. The molecule has 0 saturated carbocycles. The van der Waals surface area contributed by atoms with Crippen LogP contribution in [-0.4, -0.2) is 41.8 Å². The van der Waals surface area contributed by atoms with Crippen molar-refractivity contribution in [1.29, 1.82) is 0 Å². The van der Waals surface area contributed by atoms with Crippen LogP contribution in [0.4, 0.5) is 13.2 Å². The molecule has 0 amide bonds. The molecule has 0 aromatic carbocycles. The molecule has 1 heterocycles. The molecule has 1 rings (SSSR count). The quantitative estimate of drug-likeness (QED) is 0.778. The smallest absolute Gasteiger partial charge is 0.371 e. The third kappa shape index (κ3) is 6.07. The number of nitrogens with one attached hydrogen (secondary N) is 1. The van der Waals surface area contributed by atoms with Crippen LogP contribution in [0, 0.1) is 6.92 Å². The number of rotatable bonds is 7. The van der Waals surface area contributed by atoms with Crippen molar-refractivity contribution in [2.45, 2.75) is 39.0 Å². The zero-order valence-corrected chi connectivity index (χ0v) is 11.4. The van der Waals surface area contributed by atoms with Crippen molar-refractivity contribution in [3.8, 4) is 0 Å². The zero-order valence-electron chi connectivity index (χ0n) is 11.4. The van der Waals surface area contributed by atoms with Gasteiger partial charge in [0.2, 0.25) is 0 Å². The highest BCUT2D eigenvalue weighted by Crippen LogP contribution is 2.14. The molecule has 0 saturated heterocycles. The van der Waals surface area contributed by atoms with E-state index >= 15 is 0 Å². The number of ether oxygens (including phenoxy) is 1. The number of nitrogens with zero attached hydrogens (tertiary/aromatic N) is 2. The summed E-state index contributed by atoms with van der Waals surface area (Å²) in [5.74, 6) is 0. The van der Waals surface area contributed by atoms with Crippen molar-refractivity contribution < 1.29 is 17.9 Å². The third-order valence-electron chi connectivity index (χ3n) is 2.85. The average molecular weight is 279 g/mol. The lowest BCUT2D eigenvalue weighted by Gasteiger charge is -2.21. The van der Waals surface area contributed by atoms with E-state index in [1.165, 1.54) is 0 Å². The standard InChI is InChI=1S/C12H20F3N3O/c1-9-6-17-18(7-9)11(3)10(2)16-4-5-19-8-12(13,14)15/h6-7,10-11,16H,4-5,8H2,1-3H3/t10-,11-/m0/s1. The first-order valence-corrected chi connectivity index (χ1v) is 6.18. The highest BCUT2D eigenvalue weighted by atomic mass is 19.4. The molecule has 0 radical (unpaired) electrons. The van der Waals surface area contributed by atoms with Gasteiger partial charge in [-0.05, 0) is 26.3 Å². The van der Waals surface area contributed by atoms with Gasteiger partial charge in [0.05, 0.1) is 18.8 Å². The maximum Gasteiger partial charge on any atom is 0.411 e. The van der Waals surface area contributed by atoms with Gasteiger partial charge in [-0.1, -0.05) is 0 Å². The van der Waals surface area contributed by atoms with Gasteiger partial charge in [-0.2, -0.15) is 18.3 Å². The molecule has 0 unspecified atom stereocenters. The van der Waals surface area contributed by atoms with Crippen molar-refractivity contribution in [1.82, 2.24) is 15.1 Å². The predicted molar refractivity (Wildman–Crippen MR) is 66.0 cm³/mol. The molecule has 2 atom stereocenters. The second kappa shape index (κ2) is 6.91. The fourth-order valence-corrected chi connectivity index (χ4v) is 1.60. The van der Waals surface area contributed by atoms with E-state index in [0.29, 0.717) is 6.54 Å². The van der Waals surface area contributed by atoms with Gasteiger partial charge in [-0.15, -0.1) is 0 Å². The van der Waals surface area contributed by atoms with E-state index in [1.54, 1.807) is 6.20 Å². The fourth-order valence-electron chi connectivity index (χ4n) is 1.60. The molecule has 0 bridgehead atoms. The number of aromatic nitrogens is 2. The third-order valence-corrected chi connectivity index (χ3v) is 2.85. The van der Waals surface area contributed by atoms with Crippen LogP contribution in [0.5, 0.6) is 0 Å². The van der Waals surface area contributed by atoms with Crippen LogP contribution in [0.25, 0.3) is 0 Å².